The number of ether oxygens (including phenoxy) is 1. The van der Waals surface area contributed by atoms with E-state index in [1.165, 1.54) is 25.7 Å². The van der Waals surface area contributed by atoms with Gasteiger partial charge in [0.15, 0.2) is 5.78 Å². The van der Waals surface area contributed by atoms with Crippen molar-refractivity contribution in [2.45, 2.75) is 90.1 Å². The van der Waals surface area contributed by atoms with Crippen LogP contribution in [0, 0.1) is 0 Å². The van der Waals surface area contributed by atoms with E-state index in [2.05, 4.69) is 6.92 Å². The molecule has 3 nitrogen and oxygen atoms in total. The second kappa shape index (κ2) is 11.5. The van der Waals surface area contributed by atoms with Gasteiger partial charge in [-0.05, 0) is 31.4 Å². The molecule has 21 heavy (non-hydrogen) atoms. The van der Waals surface area contributed by atoms with Crippen LogP contribution in [0.25, 0.3) is 0 Å². The largest absolute Gasteiger partial charge is 0.458 e. The van der Waals surface area contributed by atoms with Crippen molar-refractivity contribution in [2.24, 2.45) is 0 Å². The minimum absolute atomic E-state index is 0.127. The van der Waals surface area contributed by atoms with Crippen molar-refractivity contribution in [3.05, 3.63) is 12.2 Å². The fraction of sp³-hybridized carbons (Fsp3) is 0.778. The zero-order valence-electron chi connectivity index (χ0n) is 13.4. The SMILES string of the molecule is CCC[C@@H]1/C=C\C(=O)CCCCCCCCCCC(=O)O1. The lowest BCUT2D eigenvalue weighted by Gasteiger charge is -2.13. The maximum absolute atomic E-state index is 11.8. The van der Waals surface area contributed by atoms with Gasteiger partial charge in [-0.1, -0.05) is 51.9 Å². The lowest BCUT2D eigenvalue weighted by Crippen LogP contribution is -2.16. The Morgan fingerprint density at radius 1 is 0.952 bits per heavy atom. The summed E-state index contributed by atoms with van der Waals surface area (Å²) in [7, 11) is 0. The number of esters is 1. The Morgan fingerprint density at radius 3 is 2.14 bits per heavy atom. The van der Waals surface area contributed by atoms with Gasteiger partial charge in [0.2, 0.25) is 0 Å². The summed E-state index contributed by atoms with van der Waals surface area (Å²) in [5.74, 6) is 0.0249. The van der Waals surface area contributed by atoms with Crippen molar-refractivity contribution < 1.29 is 14.3 Å². The highest BCUT2D eigenvalue weighted by atomic mass is 16.5. The van der Waals surface area contributed by atoms with Crippen LogP contribution in [0.1, 0.15) is 84.0 Å². The zero-order valence-corrected chi connectivity index (χ0v) is 13.4. The quantitative estimate of drug-likeness (QED) is 0.691. The summed E-state index contributed by atoms with van der Waals surface area (Å²) in [6.07, 6.45) is 15.0. The smallest absolute Gasteiger partial charge is 0.306 e. The van der Waals surface area contributed by atoms with Crippen LogP contribution in [-0.4, -0.2) is 17.9 Å². The molecule has 0 fully saturated rings. The van der Waals surface area contributed by atoms with E-state index in [0.29, 0.717) is 12.8 Å². The Morgan fingerprint density at radius 2 is 1.52 bits per heavy atom. The summed E-state index contributed by atoms with van der Waals surface area (Å²) >= 11 is 0. The topological polar surface area (TPSA) is 43.4 Å². The summed E-state index contributed by atoms with van der Waals surface area (Å²) < 4.78 is 5.46. The fourth-order valence-corrected chi connectivity index (χ4v) is 2.63. The van der Waals surface area contributed by atoms with Gasteiger partial charge >= 0.3 is 5.97 Å². The Hall–Kier alpha value is -1.12. The Labute approximate surface area is 129 Å². The van der Waals surface area contributed by atoms with Gasteiger partial charge < -0.3 is 4.74 Å². The summed E-state index contributed by atoms with van der Waals surface area (Å²) in [5.41, 5.74) is 0. The first-order valence-electron chi connectivity index (χ1n) is 8.63. The second-order valence-corrected chi connectivity index (χ2v) is 5.97. The fourth-order valence-electron chi connectivity index (χ4n) is 2.63. The van der Waals surface area contributed by atoms with Crippen LogP contribution in [0.2, 0.25) is 0 Å². The molecule has 1 aliphatic heterocycles. The summed E-state index contributed by atoms with van der Waals surface area (Å²) in [6.45, 7) is 2.06. The van der Waals surface area contributed by atoms with Crippen LogP contribution < -0.4 is 0 Å². The van der Waals surface area contributed by atoms with Crippen molar-refractivity contribution in [1.82, 2.24) is 0 Å². The van der Waals surface area contributed by atoms with Crippen LogP contribution in [0.5, 0.6) is 0 Å². The average molecular weight is 294 g/mol. The molecule has 1 aliphatic rings. The third-order valence-electron chi connectivity index (χ3n) is 3.91. The van der Waals surface area contributed by atoms with Gasteiger partial charge in [-0.2, -0.15) is 0 Å². The third-order valence-corrected chi connectivity index (χ3v) is 3.91. The van der Waals surface area contributed by atoms with E-state index in [0.717, 1.165) is 38.5 Å². The van der Waals surface area contributed by atoms with Crippen molar-refractivity contribution in [1.29, 1.82) is 0 Å². The van der Waals surface area contributed by atoms with Crippen LogP contribution >= 0.6 is 0 Å². The molecule has 1 heterocycles. The number of cyclic esters (lactones) is 1. The number of hydrogen-bond acceptors (Lipinski definition) is 3. The molecule has 0 saturated heterocycles. The van der Waals surface area contributed by atoms with Gasteiger partial charge in [-0.3, -0.25) is 9.59 Å². The number of ketones is 1. The van der Waals surface area contributed by atoms with Crippen molar-refractivity contribution >= 4 is 11.8 Å². The lowest BCUT2D eigenvalue weighted by molar-refractivity contribution is -0.147. The molecule has 0 unspecified atom stereocenters. The summed E-state index contributed by atoms with van der Waals surface area (Å²) in [5, 5.41) is 0. The molecule has 1 rings (SSSR count). The number of allylic oxidation sites excluding steroid dienone is 1. The minimum Gasteiger partial charge on any atom is -0.458 e. The summed E-state index contributed by atoms with van der Waals surface area (Å²) in [4.78, 5) is 23.6. The average Bonchev–Trinajstić information content (AvgIpc) is 2.46. The molecule has 0 radical (unpaired) electrons. The van der Waals surface area contributed by atoms with E-state index in [-0.39, 0.29) is 17.9 Å². The predicted molar refractivity (Wildman–Crippen MR) is 85.1 cm³/mol. The number of carbonyl (C=O) groups excluding carboxylic acids is 2. The molecule has 120 valence electrons. The first-order chi connectivity index (χ1) is 10.2. The maximum atomic E-state index is 11.8. The van der Waals surface area contributed by atoms with Gasteiger partial charge in [0, 0.05) is 12.8 Å². The minimum atomic E-state index is -0.237. The molecule has 0 aromatic heterocycles. The molecule has 0 saturated carbocycles. The van der Waals surface area contributed by atoms with E-state index in [1.54, 1.807) is 12.2 Å². The van der Waals surface area contributed by atoms with Crippen molar-refractivity contribution in [2.75, 3.05) is 0 Å². The predicted octanol–water partition coefficient (Wildman–Crippen LogP) is 4.74. The first-order valence-corrected chi connectivity index (χ1v) is 8.63. The highest BCUT2D eigenvalue weighted by molar-refractivity contribution is 5.89. The van der Waals surface area contributed by atoms with Crippen molar-refractivity contribution in [3.8, 4) is 0 Å². The lowest BCUT2D eigenvalue weighted by atomic mass is 10.0. The number of rotatable bonds is 2. The van der Waals surface area contributed by atoms with Gasteiger partial charge in [-0.15, -0.1) is 0 Å². The van der Waals surface area contributed by atoms with Gasteiger partial charge in [0.05, 0.1) is 0 Å². The molecule has 0 aliphatic carbocycles. The van der Waals surface area contributed by atoms with E-state index >= 15 is 0 Å². The van der Waals surface area contributed by atoms with Gasteiger partial charge in [-0.25, -0.2) is 0 Å². The molecule has 1 atom stereocenters. The van der Waals surface area contributed by atoms with E-state index < -0.39 is 0 Å². The van der Waals surface area contributed by atoms with Crippen LogP contribution in [0.4, 0.5) is 0 Å². The van der Waals surface area contributed by atoms with Crippen LogP contribution in [0.3, 0.4) is 0 Å². The molecule has 3 heteroatoms. The Kier molecular flexibility index (Phi) is 9.84. The summed E-state index contributed by atoms with van der Waals surface area (Å²) in [6, 6.07) is 0. The molecule has 0 N–H and O–H groups in total. The van der Waals surface area contributed by atoms with E-state index in [9.17, 15) is 9.59 Å². The zero-order chi connectivity index (χ0) is 15.3. The molecule has 0 aromatic rings. The first kappa shape index (κ1) is 17.9. The Bertz CT molecular complexity index is 333. The highest BCUT2D eigenvalue weighted by Crippen LogP contribution is 2.13. The van der Waals surface area contributed by atoms with E-state index in [4.69, 9.17) is 4.74 Å². The maximum Gasteiger partial charge on any atom is 0.306 e. The van der Waals surface area contributed by atoms with Crippen molar-refractivity contribution in [3.63, 3.8) is 0 Å². The van der Waals surface area contributed by atoms with Gasteiger partial charge in [0.1, 0.15) is 6.10 Å². The second-order valence-electron chi connectivity index (χ2n) is 5.97. The van der Waals surface area contributed by atoms with E-state index in [1.807, 2.05) is 0 Å². The number of carbonyl (C=O) groups is 2. The molecule has 0 spiro atoms. The number of hydrogen-bond donors (Lipinski definition) is 0. The van der Waals surface area contributed by atoms with Gasteiger partial charge in [0.25, 0.3) is 0 Å². The monoisotopic (exact) mass is 294 g/mol. The highest BCUT2D eigenvalue weighted by Gasteiger charge is 2.11. The third kappa shape index (κ3) is 9.43. The van der Waals surface area contributed by atoms with Crippen LogP contribution in [0.15, 0.2) is 12.2 Å². The molecular formula is C18H30O3. The molecule has 0 bridgehead atoms. The normalized spacial score (nSPS) is 25.3. The standard InChI is InChI=1S/C18H30O3/c1-2-11-17-15-14-16(19)12-9-7-5-3-4-6-8-10-13-18(20)21-17/h14-15,17H,2-13H2,1H3/b15-14-/t17-/m1/s1. The molecular weight excluding hydrogens is 264 g/mol. The molecule has 0 amide bonds. The molecule has 0 aromatic carbocycles. The van der Waals surface area contributed by atoms with Crippen LogP contribution in [-0.2, 0) is 14.3 Å². The Balaban J connectivity index is 2.53.